The molecule has 0 aromatic carbocycles. The Hall–Kier alpha value is -0.360. The molecule has 0 saturated heterocycles. The van der Waals surface area contributed by atoms with Gasteiger partial charge in [0.1, 0.15) is 3.70 Å². The standard InChI is InChI=1S/C6H3ClIN3/c7-11-6-4(5(8)10-11)2-1-3-9-6/h1-3H. The molecule has 2 rings (SSSR count). The minimum absolute atomic E-state index is 0.707. The molecule has 0 bridgehead atoms. The highest BCUT2D eigenvalue weighted by molar-refractivity contribution is 14.1. The first-order valence-corrected chi connectivity index (χ1v) is 4.36. The fourth-order valence-corrected chi connectivity index (χ4v) is 1.86. The monoisotopic (exact) mass is 279 g/mol. The molecule has 0 N–H and O–H groups in total. The molecule has 0 fully saturated rings. The van der Waals surface area contributed by atoms with E-state index in [0.717, 1.165) is 9.09 Å². The second-order valence-electron chi connectivity index (χ2n) is 2.03. The summed E-state index contributed by atoms with van der Waals surface area (Å²) in [4.78, 5) is 4.07. The third kappa shape index (κ3) is 1.10. The van der Waals surface area contributed by atoms with Gasteiger partial charge in [-0.3, -0.25) is 0 Å². The summed E-state index contributed by atoms with van der Waals surface area (Å²) in [5.41, 5.74) is 0.707. The van der Waals surface area contributed by atoms with Crippen molar-refractivity contribution in [1.82, 2.24) is 14.3 Å². The molecule has 56 valence electrons. The van der Waals surface area contributed by atoms with E-state index in [-0.39, 0.29) is 0 Å². The van der Waals surface area contributed by atoms with Gasteiger partial charge in [-0.2, -0.15) is 4.20 Å². The van der Waals surface area contributed by atoms with Gasteiger partial charge in [0, 0.05) is 18.0 Å². The molecule has 0 aliphatic carbocycles. The van der Waals surface area contributed by atoms with E-state index in [1.54, 1.807) is 6.20 Å². The van der Waals surface area contributed by atoms with Gasteiger partial charge in [0.2, 0.25) is 0 Å². The van der Waals surface area contributed by atoms with Crippen molar-refractivity contribution < 1.29 is 0 Å². The zero-order chi connectivity index (χ0) is 7.84. The lowest BCUT2D eigenvalue weighted by molar-refractivity contribution is 0.989. The Morgan fingerprint density at radius 3 is 3.09 bits per heavy atom. The summed E-state index contributed by atoms with van der Waals surface area (Å²) in [6, 6.07) is 3.80. The fraction of sp³-hybridized carbons (Fsp3) is 0. The number of aromatic nitrogens is 3. The molecule has 11 heavy (non-hydrogen) atoms. The van der Waals surface area contributed by atoms with E-state index in [1.807, 2.05) is 12.1 Å². The van der Waals surface area contributed by atoms with Crippen molar-refractivity contribution in [2.45, 2.75) is 0 Å². The average Bonchev–Trinajstić information content (AvgIpc) is 2.30. The Morgan fingerprint density at radius 2 is 2.36 bits per heavy atom. The van der Waals surface area contributed by atoms with Gasteiger partial charge in [-0.15, -0.1) is 5.10 Å². The van der Waals surface area contributed by atoms with E-state index in [1.165, 1.54) is 4.20 Å². The molecule has 0 radical (unpaired) electrons. The van der Waals surface area contributed by atoms with Gasteiger partial charge >= 0.3 is 0 Å². The zero-order valence-electron chi connectivity index (χ0n) is 5.33. The smallest absolute Gasteiger partial charge is 0.176 e. The Morgan fingerprint density at radius 1 is 1.55 bits per heavy atom. The van der Waals surface area contributed by atoms with Gasteiger partial charge < -0.3 is 0 Å². The van der Waals surface area contributed by atoms with E-state index >= 15 is 0 Å². The number of hydrogen-bond donors (Lipinski definition) is 0. The molecule has 0 atom stereocenters. The molecular formula is C6H3ClIN3. The Balaban J connectivity index is 2.95. The Kier molecular flexibility index (Phi) is 1.72. The first-order valence-electron chi connectivity index (χ1n) is 2.94. The van der Waals surface area contributed by atoms with Crippen LogP contribution in [0.4, 0.5) is 0 Å². The van der Waals surface area contributed by atoms with Crippen molar-refractivity contribution in [2.75, 3.05) is 0 Å². The maximum Gasteiger partial charge on any atom is 0.176 e. The van der Waals surface area contributed by atoms with E-state index in [0.29, 0.717) is 5.65 Å². The first-order chi connectivity index (χ1) is 5.29. The lowest BCUT2D eigenvalue weighted by Crippen LogP contribution is -1.83. The summed E-state index contributed by atoms with van der Waals surface area (Å²) >= 11 is 7.84. The molecule has 3 nitrogen and oxygen atoms in total. The van der Waals surface area contributed by atoms with Crippen LogP contribution < -0.4 is 0 Å². The van der Waals surface area contributed by atoms with Crippen LogP contribution in [-0.4, -0.2) is 14.3 Å². The van der Waals surface area contributed by atoms with E-state index < -0.39 is 0 Å². The normalized spacial score (nSPS) is 10.7. The second kappa shape index (κ2) is 2.60. The van der Waals surface area contributed by atoms with Crippen LogP contribution in [-0.2, 0) is 0 Å². The average molecular weight is 279 g/mol. The van der Waals surface area contributed by atoms with Gasteiger partial charge in [0.05, 0.1) is 5.39 Å². The van der Waals surface area contributed by atoms with Crippen molar-refractivity contribution in [1.29, 1.82) is 0 Å². The van der Waals surface area contributed by atoms with Crippen LogP contribution in [0.25, 0.3) is 11.0 Å². The highest BCUT2D eigenvalue weighted by Gasteiger charge is 2.05. The summed E-state index contributed by atoms with van der Waals surface area (Å²) < 4.78 is 2.14. The topological polar surface area (TPSA) is 30.7 Å². The van der Waals surface area contributed by atoms with Crippen molar-refractivity contribution in [3.05, 3.63) is 22.0 Å². The molecule has 2 aromatic rings. The van der Waals surface area contributed by atoms with Gasteiger partial charge in [-0.25, -0.2) is 4.98 Å². The minimum Gasteiger partial charge on any atom is -0.236 e. The third-order valence-electron chi connectivity index (χ3n) is 1.36. The predicted molar refractivity (Wildman–Crippen MR) is 51.5 cm³/mol. The summed E-state index contributed by atoms with van der Waals surface area (Å²) in [5.74, 6) is 0. The number of nitrogens with zero attached hydrogens (tertiary/aromatic N) is 3. The van der Waals surface area contributed by atoms with E-state index in [2.05, 4.69) is 32.7 Å². The summed E-state index contributed by atoms with van der Waals surface area (Å²) in [6.07, 6.45) is 1.69. The van der Waals surface area contributed by atoms with Crippen LogP contribution in [0.15, 0.2) is 18.3 Å². The van der Waals surface area contributed by atoms with Crippen LogP contribution in [0.1, 0.15) is 0 Å². The van der Waals surface area contributed by atoms with Crippen LogP contribution in [0, 0.1) is 3.70 Å². The number of halogens is 2. The SMILES string of the molecule is Cln1nc(I)c2cccnc21. The molecule has 2 heterocycles. The molecule has 0 amide bonds. The minimum atomic E-state index is 0.707. The number of fused-ring (bicyclic) bond motifs is 1. The van der Waals surface area contributed by atoms with Crippen molar-refractivity contribution in [3.63, 3.8) is 0 Å². The number of rotatable bonds is 0. The molecule has 0 aliphatic heterocycles. The molecule has 0 spiro atoms. The zero-order valence-corrected chi connectivity index (χ0v) is 8.24. The fourth-order valence-electron chi connectivity index (χ4n) is 0.883. The summed E-state index contributed by atoms with van der Waals surface area (Å²) in [5, 5.41) is 4.99. The van der Waals surface area contributed by atoms with Crippen molar-refractivity contribution >= 4 is 45.4 Å². The van der Waals surface area contributed by atoms with E-state index in [9.17, 15) is 0 Å². The third-order valence-corrected chi connectivity index (χ3v) is 2.39. The van der Waals surface area contributed by atoms with Crippen molar-refractivity contribution in [3.8, 4) is 0 Å². The van der Waals surface area contributed by atoms with Crippen molar-refractivity contribution in [2.24, 2.45) is 0 Å². The Bertz CT molecular complexity index is 362. The summed E-state index contributed by atoms with van der Waals surface area (Å²) in [6.45, 7) is 0. The lowest BCUT2D eigenvalue weighted by atomic mass is 10.4. The predicted octanol–water partition coefficient (Wildman–Crippen LogP) is 2.04. The maximum atomic E-state index is 5.72. The molecule has 0 saturated carbocycles. The highest BCUT2D eigenvalue weighted by atomic mass is 127. The van der Waals surface area contributed by atoms with Gasteiger partial charge in [0.25, 0.3) is 0 Å². The highest BCUT2D eigenvalue weighted by Crippen LogP contribution is 2.17. The van der Waals surface area contributed by atoms with Gasteiger partial charge in [-0.1, -0.05) is 0 Å². The van der Waals surface area contributed by atoms with Crippen LogP contribution >= 0.6 is 34.4 Å². The van der Waals surface area contributed by atoms with Crippen LogP contribution in [0.3, 0.4) is 0 Å². The quantitative estimate of drug-likeness (QED) is 0.691. The lowest BCUT2D eigenvalue weighted by Gasteiger charge is -1.86. The largest absolute Gasteiger partial charge is 0.236 e. The molecule has 2 aromatic heterocycles. The molecular weight excluding hydrogens is 276 g/mol. The van der Waals surface area contributed by atoms with Gasteiger partial charge in [-0.05, 0) is 34.7 Å². The molecule has 0 aliphatic rings. The number of hydrogen-bond acceptors (Lipinski definition) is 2. The van der Waals surface area contributed by atoms with E-state index in [4.69, 9.17) is 11.8 Å². The van der Waals surface area contributed by atoms with Crippen LogP contribution in [0.2, 0.25) is 0 Å². The molecule has 0 unspecified atom stereocenters. The number of pyridine rings is 1. The second-order valence-corrected chi connectivity index (χ2v) is 3.37. The molecule has 5 heteroatoms. The summed E-state index contributed by atoms with van der Waals surface area (Å²) in [7, 11) is 0. The first kappa shape index (κ1) is 7.30. The maximum absolute atomic E-state index is 5.72. The Labute approximate surface area is 81.6 Å². The van der Waals surface area contributed by atoms with Gasteiger partial charge in [0.15, 0.2) is 5.65 Å². The van der Waals surface area contributed by atoms with Crippen LogP contribution in [0.5, 0.6) is 0 Å².